The van der Waals surface area contributed by atoms with Crippen LogP contribution >= 0.6 is 0 Å². The molecule has 1 aliphatic rings. The van der Waals surface area contributed by atoms with Gasteiger partial charge in [0.15, 0.2) is 5.78 Å². The van der Waals surface area contributed by atoms with Crippen LogP contribution in [0.5, 0.6) is 0 Å². The summed E-state index contributed by atoms with van der Waals surface area (Å²) in [4.78, 5) is 53.6. The topological polar surface area (TPSA) is 90.6 Å². The summed E-state index contributed by atoms with van der Waals surface area (Å²) >= 11 is 0. The van der Waals surface area contributed by atoms with Crippen LogP contribution in [0.4, 0.5) is 4.79 Å². The number of aromatic nitrogens is 1. The number of hydrogen-bond donors (Lipinski definition) is 1. The molecule has 0 aliphatic carbocycles. The largest absolute Gasteiger partial charge is 0.362 e. The van der Waals surface area contributed by atoms with Gasteiger partial charge in [0.05, 0.1) is 13.1 Å². The number of hydrogen-bond acceptors (Lipinski definition) is 4. The lowest BCUT2D eigenvalue weighted by Gasteiger charge is -2.15. The number of aryl methyl sites for hydroxylation is 2. The zero-order valence-corrected chi connectivity index (χ0v) is 13.9. The Bertz CT molecular complexity index is 870. The Morgan fingerprint density at radius 3 is 2.24 bits per heavy atom. The molecule has 0 unspecified atom stereocenters. The molecular formula is C18H17N3O4. The van der Waals surface area contributed by atoms with Gasteiger partial charge >= 0.3 is 17.8 Å². The van der Waals surface area contributed by atoms with Gasteiger partial charge in [0.2, 0.25) is 0 Å². The molecule has 2 aromatic rings. The molecule has 2 heterocycles. The highest BCUT2D eigenvalue weighted by Crippen LogP contribution is 2.18. The number of Topliss-reactive ketones (excluding diaryl/α,β-unsaturated/α-hetero) is 1. The van der Waals surface area contributed by atoms with Crippen LogP contribution in [0.25, 0.3) is 0 Å². The highest BCUT2D eigenvalue weighted by atomic mass is 16.2. The lowest BCUT2D eigenvalue weighted by atomic mass is 10.1. The summed E-state index contributed by atoms with van der Waals surface area (Å²) < 4.78 is 0. The number of H-pyrrole nitrogens is 1. The molecule has 1 fully saturated rings. The van der Waals surface area contributed by atoms with Crippen molar-refractivity contribution in [3.63, 3.8) is 0 Å². The maximum absolute atomic E-state index is 12.4. The summed E-state index contributed by atoms with van der Waals surface area (Å²) in [6, 6.07) is 9.77. The molecule has 1 aromatic heterocycles. The average molecular weight is 339 g/mol. The van der Waals surface area contributed by atoms with Gasteiger partial charge in [0.25, 0.3) is 0 Å². The van der Waals surface area contributed by atoms with Gasteiger partial charge < -0.3 is 4.98 Å². The van der Waals surface area contributed by atoms with Crippen molar-refractivity contribution >= 4 is 23.6 Å². The van der Waals surface area contributed by atoms with Gasteiger partial charge in [0.1, 0.15) is 0 Å². The van der Waals surface area contributed by atoms with Crippen molar-refractivity contribution in [3.8, 4) is 0 Å². The highest BCUT2D eigenvalue weighted by molar-refractivity contribution is 6.45. The monoisotopic (exact) mass is 339 g/mol. The number of nitrogens with zero attached hydrogens (tertiary/aromatic N) is 2. The number of urea groups is 1. The smallest absolute Gasteiger partial charge is 0.334 e. The lowest BCUT2D eigenvalue weighted by molar-refractivity contribution is -0.143. The van der Waals surface area contributed by atoms with Crippen LogP contribution in [0, 0.1) is 13.8 Å². The van der Waals surface area contributed by atoms with Crippen LogP contribution in [0.2, 0.25) is 0 Å². The summed E-state index contributed by atoms with van der Waals surface area (Å²) in [7, 11) is 0. The summed E-state index contributed by atoms with van der Waals surface area (Å²) in [5.74, 6) is -2.28. The van der Waals surface area contributed by atoms with Crippen molar-refractivity contribution in [3.05, 3.63) is 58.9 Å². The van der Waals surface area contributed by atoms with Crippen molar-refractivity contribution in [2.45, 2.75) is 20.4 Å². The molecule has 7 nitrogen and oxygen atoms in total. The lowest BCUT2D eigenvalue weighted by Crippen LogP contribution is -2.37. The second-order valence-corrected chi connectivity index (χ2v) is 5.96. The molecule has 128 valence electrons. The van der Waals surface area contributed by atoms with Crippen molar-refractivity contribution < 1.29 is 19.2 Å². The molecule has 7 heteroatoms. The molecule has 0 atom stereocenters. The molecule has 1 aliphatic heterocycles. The van der Waals surface area contributed by atoms with E-state index < -0.39 is 30.2 Å². The van der Waals surface area contributed by atoms with Crippen LogP contribution in [-0.2, 0) is 16.1 Å². The van der Waals surface area contributed by atoms with Crippen molar-refractivity contribution in [2.75, 3.05) is 6.54 Å². The molecule has 4 amide bonds. The van der Waals surface area contributed by atoms with E-state index in [0.717, 1.165) is 16.2 Å². The van der Waals surface area contributed by atoms with Crippen molar-refractivity contribution in [1.82, 2.24) is 14.8 Å². The molecule has 3 rings (SSSR count). The van der Waals surface area contributed by atoms with Crippen LogP contribution in [0.1, 0.15) is 27.3 Å². The van der Waals surface area contributed by atoms with Crippen molar-refractivity contribution in [2.24, 2.45) is 0 Å². The molecule has 0 radical (unpaired) electrons. The Morgan fingerprint density at radius 1 is 1.00 bits per heavy atom. The minimum absolute atomic E-state index is 0.00275. The summed E-state index contributed by atoms with van der Waals surface area (Å²) in [5.41, 5.74) is 2.60. The van der Waals surface area contributed by atoms with Crippen LogP contribution in [0.3, 0.4) is 0 Å². The third-order valence-corrected chi connectivity index (χ3v) is 4.07. The van der Waals surface area contributed by atoms with Crippen LogP contribution < -0.4 is 0 Å². The van der Waals surface area contributed by atoms with E-state index in [4.69, 9.17) is 0 Å². The van der Waals surface area contributed by atoms with Crippen LogP contribution in [0.15, 0.2) is 36.4 Å². The zero-order valence-electron chi connectivity index (χ0n) is 13.9. The molecule has 1 aromatic carbocycles. The molecule has 1 N–H and O–H groups in total. The number of benzene rings is 1. The van der Waals surface area contributed by atoms with E-state index >= 15 is 0 Å². The van der Waals surface area contributed by atoms with E-state index in [1.54, 1.807) is 44.2 Å². The minimum Gasteiger partial charge on any atom is -0.362 e. The fourth-order valence-electron chi connectivity index (χ4n) is 2.84. The van der Waals surface area contributed by atoms with E-state index in [9.17, 15) is 19.2 Å². The summed E-state index contributed by atoms with van der Waals surface area (Å²) in [6.07, 6.45) is 0. The Labute approximate surface area is 144 Å². The zero-order chi connectivity index (χ0) is 18.1. The molecule has 0 bridgehead atoms. The Hall–Kier alpha value is -3.22. The predicted molar refractivity (Wildman–Crippen MR) is 88.7 cm³/mol. The number of rotatable bonds is 5. The van der Waals surface area contributed by atoms with Gasteiger partial charge in [-0.15, -0.1) is 0 Å². The molecule has 1 saturated heterocycles. The Morgan fingerprint density at radius 2 is 1.64 bits per heavy atom. The number of ketones is 1. The molecule has 25 heavy (non-hydrogen) atoms. The standard InChI is InChI=1S/C18H17N3O4/c1-11-8-14(12(2)19-11)15(22)10-21-17(24)16(23)20(18(21)25)9-13-6-4-3-5-7-13/h3-8,19H,9-10H2,1-2H3. The SMILES string of the molecule is Cc1cc(C(=O)CN2C(=O)C(=O)N(Cc3ccccc3)C2=O)c(C)[nH]1. The molecule has 0 spiro atoms. The van der Waals surface area contributed by atoms with E-state index in [1.165, 1.54) is 0 Å². The third-order valence-electron chi connectivity index (χ3n) is 4.07. The first kappa shape index (κ1) is 16.6. The maximum atomic E-state index is 12.4. The number of aromatic amines is 1. The summed E-state index contributed by atoms with van der Waals surface area (Å²) in [6.45, 7) is 3.09. The number of carbonyl (C=O) groups is 4. The Balaban J connectivity index is 1.77. The van der Waals surface area contributed by atoms with Gasteiger partial charge in [0, 0.05) is 17.0 Å². The minimum atomic E-state index is -0.973. The van der Waals surface area contributed by atoms with Gasteiger partial charge in [-0.2, -0.15) is 0 Å². The second kappa shape index (κ2) is 6.35. The van der Waals surface area contributed by atoms with E-state index in [-0.39, 0.29) is 6.54 Å². The summed E-state index contributed by atoms with van der Waals surface area (Å²) in [5, 5.41) is 0. The number of nitrogens with one attached hydrogen (secondary N) is 1. The second-order valence-electron chi connectivity index (χ2n) is 5.96. The first-order valence-corrected chi connectivity index (χ1v) is 7.79. The average Bonchev–Trinajstić information content (AvgIpc) is 3.02. The first-order chi connectivity index (χ1) is 11.9. The first-order valence-electron chi connectivity index (χ1n) is 7.79. The third kappa shape index (κ3) is 3.08. The van der Waals surface area contributed by atoms with Gasteiger partial charge in [-0.05, 0) is 25.5 Å². The number of imide groups is 2. The van der Waals surface area contributed by atoms with Gasteiger partial charge in [-0.1, -0.05) is 30.3 Å². The van der Waals surface area contributed by atoms with E-state index in [1.807, 2.05) is 6.07 Å². The molecule has 0 saturated carbocycles. The van der Waals surface area contributed by atoms with Gasteiger partial charge in [-0.3, -0.25) is 19.3 Å². The Kier molecular flexibility index (Phi) is 4.22. The maximum Gasteiger partial charge on any atom is 0.334 e. The fourth-order valence-corrected chi connectivity index (χ4v) is 2.84. The number of carbonyl (C=O) groups excluding carboxylic acids is 4. The fraction of sp³-hybridized carbons (Fsp3) is 0.222. The van der Waals surface area contributed by atoms with E-state index in [2.05, 4.69) is 4.98 Å². The normalized spacial score (nSPS) is 14.6. The highest BCUT2D eigenvalue weighted by Gasteiger charge is 2.45. The van der Waals surface area contributed by atoms with Crippen LogP contribution in [-0.4, -0.2) is 45.0 Å². The quantitative estimate of drug-likeness (QED) is 0.511. The number of amides is 4. The predicted octanol–water partition coefficient (Wildman–Crippen LogP) is 1.81. The van der Waals surface area contributed by atoms with Gasteiger partial charge in [-0.25, -0.2) is 9.69 Å². The van der Waals surface area contributed by atoms with E-state index in [0.29, 0.717) is 16.2 Å². The molecular weight excluding hydrogens is 322 g/mol. The van der Waals surface area contributed by atoms with Crippen molar-refractivity contribution in [1.29, 1.82) is 0 Å².